The van der Waals surface area contributed by atoms with E-state index in [1.165, 1.54) is 7.11 Å². The standard InChI is InChI=1S/C26H39N3O6/c1-15(2)21(28-25(33)35-26(5,6)7)24(32)29(18-11-12-18)22(23(31)27-14-20(30)34-8)19-13-16(3)9-10-17(19)4/h9-10,13,15,18,21-22H,11-12,14H2,1-8H3,(H,27,31)(H,28,33). The molecule has 0 bridgehead atoms. The molecule has 1 saturated carbocycles. The van der Waals surface area contributed by atoms with Crippen LogP contribution in [0.1, 0.15) is 70.2 Å². The minimum Gasteiger partial charge on any atom is -0.468 e. The third-order valence-corrected chi connectivity index (χ3v) is 5.69. The van der Waals surface area contributed by atoms with Crippen LogP contribution in [0.2, 0.25) is 0 Å². The first kappa shape index (κ1) is 28.1. The van der Waals surface area contributed by atoms with Crippen LogP contribution >= 0.6 is 0 Å². The Bertz CT molecular complexity index is 949. The van der Waals surface area contributed by atoms with Crippen molar-refractivity contribution in [3.63, 3.8) is 0 Å². The highest BCUT2D eigenvalue weighted by atomic mass is 16.6. The maximum atomic E-state index is 14.0. The van der Waals surface area contributed by atoms with Gasteiger partial charge >= 0.3 is 12.1 Å². The summed E-state index contributed by atoms with van der Waals surface area (Å²) >= 11 is 0. The third kappa shape index (κ3) is 7.97. The van der Waals surface area contributed by atoms with Gasteiger partial charge in [0.15, 0.2) is 0 Å². The molecule has 2 rings (SSSR count). The van der Waals surface area contributed by atoms with Crippen LogP contribution in [0, 0.1) is 19.8 Å². The van der Waals surface area contributed by atoms with Gasteiger partial charge in [-0.1, -0.05) is 37.6 Å². The summed E-state index contributed by atoms with van der Waals surface area (Å²) < 4.78 is 10.0. The van der Waals surface area contributed by atoms with Crippen molar-refractivity contribution in [2.45, 2.75) is 85.0 Å². The van der Waals surface area contributed by atoms with Crippen LogP contribution in [0.5, 0.6) is 0 Å². The summed E-state index contributed by atoms with van der Waals surface area (Å²) in [6.45, 7) is 12.4. The Morgan fingerprint density at radius 2 is 1.74 bits per heavy atom. The van der Waals surface area contributed by atoms with Gasteiger partial charge in [0.25, 0.3) is 0 Å². The number of carbonyl (C=O) groups excluding carboxylic acids is 4. The lowest BCUT2D eigenvalue weighted by atomic mass is 9.94. The first-order valence-electron chi connectivity index (χ1n) is 12.0. The highest BCUT2D eigenvalue weighted by molar-refractivity contribution is 5.94. The van der Waals surface area contributed by atoms with Crippen molar-refractivity contribution in [2.24, 2.45) is 5.92 Å². The summed E-state index contributed by atoms with van der Waals surface area (Å²) in [6, 6.07) is 3.70. The predicted octanol–water partition coefficient (Wildman–Crippen LogP) is 3.17. The lowest BCUT2D eigenvalue weighted by Gasteiger charge is -2.36. The molecule has 0 spiro atoms. The fraction of sp³-hybridized carbons (Fsp3) is 0.615. The summed E-state index contributed by atoms with van der Waals surface area (Å²) in [5.74, 6) is -1.70. The van der Waals surface area contributed by atoms with Crippen LogP contribution in [0.3, 0.4) is 0 Å². The molecule has 0 radical (unpaired) electrons. The van der Waals surface area contributed by atoms with Crippen LogP contribution in [-0.4, -0.2) is 60.1 Å². The smallest absolute Gasteiger partial charge is 0.408 e. The fourth-order valence-corrected chi connectivity index (χ4v) is 3.78. The van der Waals surface area contributed by atoms with Gasteiger partial charge in [0, 0.05) is 6.04 Å². The molecule has 1 aliphatic carbocycles. The van der Waals surface area contributed by atoms with E-state index in [1.54, 1.807) is 25.7 Å². The number of amides is 3. The van der Waals surface area contributed by atoms with Gasteiger partial charge in [-0.05, 0) is 64.5 Å². The third-order valence-electron chi connectivity index (χ3n) is 5.69. The van der Waals surface area contributed by atoms with Gasteiger partial charge in [-0.15, -0.1) is 0 Å². The molecule has 0 heterocycles. The summed E-state index contributed by atoms with van der Waals surface area (Å²) in [6.07, 6.45) is 0.794. The molecule has 2 N–H and O–H groups in total. The molecular weight excluding hydrogens is 450 g/mol. The molecule has 2 atom stereocenters. The molecule has 3 amide bonds. The summed E-state index contributed by atoms with van der Waals surface area (Å²) in [5, 5.41) is 5.33. The Hall–Kier alpha value is -3.10. The molecule has 194 valence electrons. The van der Waals surface area contributed by atoms with E-state index in [0.29, 0.717) is 5.56 Å². The van der Waals surface area contributed by atoms with Crippen molar-refractivity contribution >= 4 is 23.9 Å². The summed E-state index contributed by atoms with van der Waals surface area (Å²) in [4.78, 5) is 53.2. The molecule has 0 saturated heterocycles. The number of hydrogen-bond acceptors (Lipinski definition) is 6. The second kappa shape index (κ2) is 11.6. The Morgan fingerprint density at radius 1 is 1.11 bits per heavy atom. The molecule has 1 aromatic rings. The molecule has 2 unspecified atom stereocenters. The number of rotatable bonds is 9. The van der Waals surface area contributed by atoms with Gasteiger partial charge in [0.2, 0.25) is 11.8 Å². The van der Waals surface area contributed by atoms with Crippen molar-refractivity contribution in [1.82, 2.24) is 15.5 Å². The number of benzene rings is 1. The van der Waals surface area contributed by atoms with E-state index >= 15 is 0 Å². The van der Waals surface area contributed by atoms with E-state index < -0.39 is 35.7 Å². The maximum absolute atomic E-state index is 14.0. The van der Waals surface area contributed by atoms with Gasteiger partial charge in [-0.3, -0.25) is 14.4 Å². The highest BCUT2D eigenvalue weighted by Crippen LogP contribution is 2.37. The second-order valence-corrected chi connectivity index (χ2v) is 10.4. The molecule has 9 nitrogen and oxygen atoms in total. The van der Waals surface area contributed by atoms with E-state index in [0.717, 1.165) is 24.0 Å². The lowest BCUT2D eigenvalue weighted by Crippen LogP contribution is -2.55. The molecule has 1 aromatic carbocycles. The summed E-state index contributed by atoms with van der Waals surface area (Å²) in [7, 11) is 1.24. The van der Waals surface area contributed by atoms with E-state index in [1.807, 2.05) is 45.9 Å². The number of nitrogens with zero attached hydrogens (tertiary/aromatic N) is 1. The predicted molar refractivity (Wildman–Crippen MR) is 132 cm³/mol. The monoisotopic (exact) mass is 489 g/mol. The van der Waals surface area contributed by atoms with Gasteiger partial charge in [0.1, 0.15) is 24.2 Å². The van der Waals surface area contributed by atoms with E-state index in [4.69, 9.17) is 4.74 Å². The number of ether oxygens (including phenoxy) is 2. The Morgan fingerprint density at radius 3 is 2.26 bits per heavy atom. The number of nitrogens with one attached hydrogen (secondary N) is 2. The number of methoxy groups -OCH3 is 1. The molecule has 1 fully saturated rings. The summed E-state index contributed by atoms with van der Waals surface area (Å²) in [5.41, 5.74) is 1.73. The van der Waals surface area contributed by atoms with Crippen molar-refractivity contribution in [2.75, 3.05) is 13.7 Å². The number of hydrogen-bond donors (Lipinski definition) is 2. The van der Waals surface area contributed by atoms with Gasteiger partial charge in [-0.2, -0.15) is 0 Å². The van der Waals surface area contributed by atoms with E-state index in [2.05, 4.69) is 15.4 Å². The topological polar surface area (TPSA) is 114 Å². The SMILES string of the molecule is COC(=O)CNC(=O)C(c1cc(C)ccc1C)N(C(=O)C(NC(=O)OC(C)(C)C)C(C)C)C1CC1. The number of esters is 1. The van der Waals surface area contributed by atoms with Crippen molar-refractivity contribution in [3.05, 3.63) is 34.9 Å². The van der Waals surface area contributed by atoms with E-state index in [-0.39, 0.29) is 24.4 Å². The van der Waals surface area contributed by atoms with Crippen molar-refractivity contribution < 1.29 is 28.7 Å². The van der Waals surface area contributed by atoms with Crippen molar-refractivity contribution in [1.29, 1.82) is 0 Å². The normalized spacial score (nSPS) is 15.1. The minimum absolute atomic E-state index is 0.155. The van der Waals surface area contributed by atoms with Crippen molar-refractivity contribution in [3.8, 4) is 0 Å². The van der Waals surface area contributed by atoms with Crippen LogP contribution < -0.4 is 10.6 Å². The number of carbonyl (C=O) groups is 4. The lowest BCUT2D eigenvalue weighted by molar-refractivity contribution is -0.145. The van der Waals surface area contributed by atoms with Crippen LogP contribution in [0.15, 0.2) is 18.2 Å². The Kier molecular flexibility index (Phi) is 9.29. The first-order valence-corrected chi connectivity index (χ1v) is 12.0. The van der Waals surface area contributed by atoms with Crippen LogP contribution in [0.25, 0.3) is 0 Å². The number of aryl methyl sites for hydroxylation is 2. The molecule has 0 aromatic heterocycles. The Balaban J connectivity index is 2.47. The zero-order valence-electron chi connectivity index (χ0n) is 22.1. The number of alkyl carbamates (subject to hydrolysis) is 1. The molecular formula is C26H39N3O6. The van der Waals surface area contributed by atoms with Gasteiger partial charge < -0.3 is 25.0 Å². The van der Waals surface area contributed by atoms with E-state index in [9.17, 15) is 19.2 Å². The minimum atomic E-state index is -0.971. The molecule has 35 heavy (non-hydrogen) atoms. The average molecular weight is 490 g/mol. The van der Waals surface area contributed by atoms with Gasteiger partial charge in [-0.25, -0.2) is 4.79 Å². The van der Waals surface area contributed by atoms with Crippen LogP contribution in [0.4, 0.5) is 4.79 Å². The Labute approximate surface area is 207 Å². The molecule has 1 aliphatic rings. The fourth-order valence-electron chi connectivity index (χ4n) is 3.78. The molecule has 9 heteroatoms. The zero-order chi connectivity index (χ0) is 26.5. The first-order chi connectivity index (χ1) is 16.2. The zero-order valence-corrected chi connectivity index (χ0v) is 22.1. The molecule has 0 aliphatic heterocycles. The highest BCUT2D eigenvalue weighted by Gasteiger charge is 2.45. The maximum Gasteiger partial charge on any atom is 0.408 e. The second-order valence-electron chi connectivity index (χ2n) is 10.4. The van der Waals surface area contributed by atoms with Gasteiger partial charge in [0.05, 0.1) is 7.11 Å². The van der Waals surface area contributed by atoms with Crippen LogP contribution in [-0.2, 0) is 23.9 Å². The average Bonchev–Trinajstić information content (AvgIpc) is 3.58. The largest absolute Gasteiger partial charge is 0.468 e. The quantitative estimate of drug-likeness (QED) is 0.515.